The number of esters is 3. The number of rotatable bonds is 46. The molecular weight excluding hydrogens is 877 g/mol. The number of carbonyl (C=O) groups excluding carboxylic acids is 3. The fourth-order valence-corrected chi connectivity index (χ4v) is 6.42. The second-order valence-corrected chi connectivity index (χ2v) is 17.0. The Morgan fingerprint density at radius 1 is 0.282 bits per heavy atom. The third kappa shape index (κ3) is 55.3. The van der Waals surface area contributed by atoms with Gasteiger partial charge >= 0.3 is 17.9 Å². The molecule has 0 amide bonds. The van der Waals surface area contributed by atoms with Gasteiger partial charge in [-0.15, -0.1) is 0 Å². The Kier molecular flexibility index (Phi) is 52.7. The van der Waals surface area contributed by atoms with Crippen LogP contribution in [0.4, 0.5) is 0 Å². The molecule has 0 aromatic carbocycles. The summed E-state index contributed by atoms with van der Waals surface area (Å²) in [4.78, 5) is 38.1. The molecule has 6 heteroatoms. The summed E-state index contributed by atoms with van der Waals surface area (Å²) in [6.45, 7) is 6.14. The van der Waals surface area contributed by atoms with Crippen molar-refractivity contribution in [2.75, 3.05) is 13.2 Å². The monoisotopic (exact) mass is 973 g/mol. The summed E-state index contributed by atoms with van der Waals surface area (Å²) in [6, 6.07) is 0. The van der Waals surface area contributed by atoms with Crippen molar-refractivity contribution < 1.29 is 28.6 Å². The van der Waals surface area contributed by atoms with Gasteiger partial charge in [-0.25, -0.2) is 0 Å². The highest BCUT2D eigenvalue weighted by molar-refractivity contribution is 5.71. The van der Waals surface area contributed by atoms with E-state index in [9.17, 15) is 14.4 Å². The lowest BCUT2D eigenvalue weighted by atomic mass is 10.1. The maximum absolute atomic E-state index is 12.8. The lowest BCUT2D eigenvalue weighted by molar-refractivity contribution is -0.167. The number of hydrogen-bond acceptors (Lipinski definition) is 6. The average Bonchev–Trinajstić information content (AvgIpc) is 3.37. The summed E-state index contributed by atoms with van der Waals surface area (Å²) >= 11 is 0. The highest BCUT2D eigenvalue weighted by Gasteiger charge is 2.19. The quantitative estimate of drug-likeness (QED) is 0.0262. The first-order valence-electron chi connectivity index (χ1n) is 27.3. The Morgan fingerprint density at radius 2 is 0.521 bits per heavy atom. The van der Waals surface area contributed by atoms with Gasteiger partial charge in [-0.1, -0.05) is 209 Å². The topological polar surface area (TPSA) is 78.9 Å². The first kappa shape index (κ1) is 65.5. The zero-order valence-electron chi connectivity index (χ0n) is 44.6. The van der Waals surface area contributed by atoms with E-state index in [0.717, 1.165) is 135 Å². The Balaban J connectivity index is 4.67. The SMILES string of the molecule is CC/C=C\C/C=C\C/C=C\C/C=C\C/C=C\CCCCCC(=O)OC[C@H](COC(=O)CCC/C=C\C/C=C\C/C=C\C/C=C\C/C=C\CC)OC(=O)CCC/C=C\C/C=C\C/C=C\C/C=C\C/C=C\CC. The highest BCUT2D eigenvalue weighted by atomic mass is 16.6. The van der Waals surface area contributed by atoms with Crippen LogP contribution in [-0.2, 0) is 28.6 Å². The summed E-state index contributed by atoms with van der Waals surface area (Å²) in [6.07, 6.45) is 86.0. The van der Waals surface area contributed by atoms with E-state index < -0.39 is 12.1 Å². The molecule has 0 aliphatic heterocycles. The van der Waals surface area contributed by atoms with Gasteiger partial charge in [-0.05, 0) is 141 Å². The Morgan fingerprint density at radius 3 is 0.817 bits per heavy atom. The molecule has 392 valence electrons. The minimum Gasteiger partial charge on any atom is -0.462 e. The van der Waals surface area contributed by atoms with Crippen LogP contribution in [0.25, 0.3) is 0 Å². The Hall–Kier alpha value is -5.49. The van der Waals surface area contributed by atoms with E-state index in [1.54, 1.807) is 0 Å². The first-order chi connectivity index (χ1) is 35.0. The molecule has 0 N–H and O–H groups in total. The molecule has 0 fully saturated rings. The Labute approximate surface area is 434 Å². The molecule has 0 radical (unpaired) electrons. The van der Waals surface area contributed by atoms with Gasteiger partial charge in [-0.3, -0.25) is 14.4 Å². The van der Waals surface area contributed by atoms with Crippen LogP contribution in [-0.4, -0.2) is 37.2 Å². The number of ether oxygens (including phenoxy) is 3. The van der Waals surface area contributed by atoms with E-state index >= 15 is 0 Å². The smallest absolute Gasteiger partial charge is 0.306 e. The van der Waals surface area contributed by atoms with Gasteiger partial charge in [0.05, 0.1) is 0 Å². The molecule has 0 aliphatic rings. The number of hydrogen-bond donors (Lipinski definition) is 0. The van der Waals surface area contributed by atoms with Crippen LogP contribution in [0.1, 0.15) is 188 Å². The van der Waals surface area contributed by atoms with Crippen LogP contribution in [0.15, 0.2) is 182 Å². The van der Waals surface area contributed by atoms with E-state index in [-0.39, 0.29) is 44.4 Å². The van der Waals surface area contributed by atoms with Gasteiger partial charge in [0, 0.05) is 19.3 Å². The standard InChI is InChI=1S/C65H96O6/c1-4-7-10-13-16-19-22-25-28-31-32-35-37-40-43-46-49-52-55-58-64(67)70-61-62(71-65(68)59-56-53-50-47-44-41-38-34-30-27-24-21-18-15-12-9-6-3)60-69-63(66)57-54-51-48-45-42-39-36-33-29-26-23-20-17-14-11-8-5-2/h7-12,16-21,25-30,32,35-36,38-41,43,45,47-48,50,62H,4-6,13-15,22-24,31,33-34,37,42,44,46,49,51-61H2,1-3H3/b10-7-,11-8-,12-9-,19-16-,20-17-,21-18-,28-25-,29-26-,30-27-,35-32-,39-36-,41-38-,43-40-,48-45-,50-47-/t62-/m0/s1. The molecule has 0 rings (SSSR count). The van der Waals surface area contributed by atoms with Gasteiger partial charge in [0.1, 0.15) is 13.2 Å². The molecule has 0 saturated heterocycles. The van der Waals surface area contributed by atoms with Crippen LogP contribution >= 0.6 is 0 Å². The Bertz CT molecular complexity index is 1730. The molecule has 0 spiro atoms. The van der Waals surface area contributed by atoms with E-state index in [1.165, 1.54) is 0 Å². The molecule has 0 aromatic rings. The second kappa shape index (κ2) is 57.1. The lowest BCUT2D eigenvalue weighted by Gasteiger charge is -2.18. The van der Waals surface area contributed by atoms with Gasteiger partial charge in [0.15, 0.2) is 6.10 Å². The largest absolute Gasteiger partial charge is 0.462 e. The third-order valence-electron chi connectivity index (χ3n) is 10.4. The second-order valence-electron chi connectivity index (χ2n) is 17.0. The molecule has 0 aliphatic carbocycles. The van der Waals surface area contributed by atoms with Crippen LogP contribution in [0.2, 0.25) is 0 Å². The van der Waals surface area contributed by atoms with Crippen molar-refractivity contribution >= 4 is 17.9 Å². The third-order valence-corrected chi connectivity index (χ3v) is 10.4. The fourth-order valence-electron chi connectivity index (χ4n) is 6.42. The summed E-state index contributed by atoms with van der Waals surface area (Å²) in [7, 11) is 0. The van der Waals surface area contributed by atoms with Crippen molar-refractivity contribution in [2.24, 2.45) is 0 Å². The van der Waals surface area contributed by atoms with Crippen LogP contribution in [0.3, 0.4) is 0 Å². The van der Waals surface area contributed by atoms with E-state index in [4.69, 9.17) is 14.2 Å². The van der Waals surface area contributed by atoms with Crippen molar-refractivity contribution in [1.82, 2.24) is 0 Å². The zero-order valence-corrected chi connectivity index (χ0v) is 44.6. The highest BCUT2D eigenvalue weighted by Crippen LogP contribution is 2.10. The maximum Gasteiger partial charge on any atom is 0.306 e. The molecule has 1 atom stereocenters. The molecule has 0 unspecified atom stereocenters. The lowest BCUT2D eigenvalue weighted by Crippen LogP contribution is -2.30. The fraction of sp³-hybridized carbons (Fsp3) is 0.492. The minimum atomic E-state index is -0.856. The first-order valence-corrected chi connectivity index (χ1v) is 27.3. The molecule has 0 aromatic heterocycles. The molecule has 0 bridgehead atoms. The van der Waals surface area contributed by atoms with E-state index in [1.807, 2.05) is 0 Å². The van der Waals surface area contributed by atoms with Crippen molar-refractivity contribution in [1.29, 1.82) is 0 Å². The van der Waals surface area contributed by atoms with Crippen molar-refractivity contribution in [3.63, 3.8) is 0 Å². The normalized spacial score (nSPS) is 13.6. The number of allylic oxidation sites excluding steroid dienone is 30. The average molecular weight is 973 g/mol. The number of carbonyl (C=O) groups is 3. The van der Waals surface area contributed by atoms with Gasteiger partial charge in [0.2, 0.25) is 0 Å². The van der Waals surface area contributed by atoms with Gasteiger partial charge in [-0.2, -0.15) is 0 Å². The molecule has 0 saturated carbocycles. The van der Waals surface area contributed by atoms with Crippen LogP contribution in [0.5, 0.6) is 0 Å². The zero-order chi connectivity index (χ0) is 51.4. The predicted octanol–water partition coefficient (Wildman–Crippen LogP) is 18.5. The molecule has 0 heterocycles. The summed E-state index contributed by atoms with van der Waals surface area (Å²) < 4.78 is 16.7. The maximum atomic E-state index is 12.8. The summed E-state index contributed by atoms with van der Waals surface area (Å²) in [5.41, 5.74) is 0. The summed E-state index contributed by atoms with van der Waals surface area (Å²) in [5, 5.41) is 0. The van der Waals surface area contributed by atoms with E-state index in [0.29, 0.717) is 12.8 Å². The van der Waals surface area contributed by atoms with Crippen LogP contribution in [0, 0.1) is 0 Å². The predicted molar refractivity (Wildman–Crippen MR) is 306 cm³/mol. The molecular formula is C65H96O6. The minimum absolute atomic E-state index is 0.146. The molecule has 6 nitrogen and oxygen atoms in total. The van der Waals surface area contributed by atoms with Gasteiger partial charge in [0.25, 0.3) is 0 Å². The molecule has 71 heavy (non-hydrogen) atoms. The van der Waals surface area contributed by atoms with Crippen molar-refractivity contribution in [3.8, 4) is 0 Å². The van der Waals surface area contributed by atoms with Crippen molar-refractivity contribution in [2.45, 2.75) is 194 Å². The van der Waals surface area contributed by atoms with E-state index in [2.05, 4.69) is 203 Å². The van der Waals surface area contributed by atoms with Gasteiger partial charge < -0.3 is 14.2 Å². The van der Waals surface area contributed by atoms with Crippen molar-refractivity contribution in [3.05, 3.63) is 182 Å². The van der Waals surface area contributed by atoms with Crippen LogP contribution < -0.4 is 0 Å². The number of unbranched alkanes of at least 4 members (excludes halogenated alkanes) is 5. The summed E-state index contributed by atoms with van der Waals surface area (Å²) in [5.74, 6) is -1.11.